The minimum absolute atomic E-state index is 0.0615. The number of methoxy groups -OCH3 is 1. The molecule has 28 heavy (non-hydrogen) atoms. The molecule has 0 aliphatic carbocycles. The lowest BCUT2D eigenvalue weighted by Gasteiger charge is -2.21. The molecule has 1 N–H and O–H groups in total. The Morgan fingerprint density at radius 3 is 2.79 bits per heavy atom. The van der Waals surface area contributed by atoms with Crippen LogP contribution in [0.4, 0.5) is 5.69 Å². The van der Waals surface area contributed by atoms with Crippen molar-refractivity contribution in [3.05, 3.63) is 58.6 Å². The molecule has 0 saturated heterocycles. The average Bonchev–Trinajstić information content (AvgIpc) is 2.78. The minimum Gasteiger partial charge on any atom is -0.497 e. The van der Waals surface area contributed by atoms with Crippen molar-refractivity contribution in [1.82, 2.24) is 0 Å². The summed E-state index contributed by atoms with van der Waals surface area (Å²) in [5.41, 5.74) is 2.98. The van der Waals surface area contributed by atoms with E-state index in [1.54, 1.807) is 18.9 Å². The molecule has 1 aliphatic rings. The maximum Gasteiger partial charge on any atom is 0.307 e. The van der Waals surface area contributed by atoms with Crippen LogP contribution in [0.5, 0.6) is 5.75 Å². The van der Waals surface area contributed by atoms with E-state index in [2.05, 4.69) is 5.32 Å². The van der Waals surface area contributed by atoms with E-state index in [0.29, 0.717) is 10.0 Å². The van der Waals surface area contributed by atoms with Gasteiger partial charge in [0.1, 0.15) is 5.75 Å². The molecule has 7 heteroatoms. The maximum absolute atomic E-state index is 12.3. The van der Waals surface area contributed by atoms with E-state index in [9.17, 15) is 4.79 Å². The van der Waals surface area contributed by atoms with Crippen molar-refractivity contribution < 1.29 is 14.3 Å². The van der Waals surface area contributed by atoms with Crippen molar-refractivity contribution in [3.8, 4) is 5.75 Å². The van der Waals surface area contributed by atoms with Gasteiger partial charge < -0.3 is 14.8 Å². The molecule has 0 unspecified atom stereocenters. The van der Waals surface area contributed by atoms with Gasteiger partial charge in [0.05, 0.1) is 35.1 Å². The van der Waals surface area contributed by atoms with Crippen LogP contribution in [0.1, 0.15) is 36.6 Å². The van der Waals surface area contributed by atoms with Crippen LogP contribution in [0.15, 0.2) is 42.5 Å². The number of hydrogen-bond acceptors (Lipinski definition) is 5. The molecule has 1 aliphatic heterocycles. The van der Waals surface area contributed by atoms with Gasteiger partial charge in [-0.25, -0.2) is 0 Å². The number of nitrogens with one attached hydrogen (secondary N) is 1. The fraction of sp³-hybridized carbons (Fsp3) is 0.333. The first-order chi connectivity index (χ1) is 13.4. The van der Waals surface area contributed by atoms with Gasteiger partial charge in [-0.1, -0.05) is 36.0 Å². The molecule has 2 aromatic rings. The highest BCUT2D eigenvalue weighted by Gasteiger charge is 2.31. The number of halogens is 1. The number of thiocarbonyl (C=S) groups is 1. The van der Waals surface area contributed by atoms with Crippen molar-refractivity contribution in [2.24, 2.45) is 0 Å². The second kappa shape index (κ2) is 9.16. The molecule has 0 bridgehead atoms. The Morgan fingerprint density at radius 2 is 2.07 bits per heavy atom. The van der Waals surface area contributed by atoms with Crippen LogP contribution in [0.25, 0.3) is 0 Å². The Bertz CT molecular complexity index is 888. The highest BCUT2D eigenvalue weighted by Crippen LogP contribution is 2.46. The van der Waals surface area contributed by atoms with Gasteiger partial charge in [0.25, 0.3) is 0 Å². The average molecular weight is 436 g/mol. The molecule has 3 rings (SSSR count). The van der Waals surface area contributed by atoms with Gasteiger partial charge in [-0.15, -0.1) is 11.8 Å². The normalized spacial score (nSPS) is 18.8. The number of carbonyl (C=O) groups is 1. The summed E-state index contributed by atoms with van der Waals surface area (Å²) in [4.78, 5) is 12.9. The van der Waals surface area contributed by atoms with E-state index in [1.165, 1.54) is 0 Å². The number of benzene rings is 2. The molecule has 0 amide bonds. The van der Waals surface area contributed by atoms with Gasteiger partial charge >= 0.3 is 5.97 Å². The molecule has 0 radical (unpaired) electrons. The Kier molecular flexibility index (Phi) is 6.86. The van der Waals surface area contributed by atoms with Crippen LogP contribution < -0.4 is 10.1 Å². The van der Waals surface area contributed by atoms with Crippen LogP contribution in [-0.2, 0) is 9.53 Å². The SMILES string of the molecule is COc1cccc([C@H]2S[C@H](CC(=O)OC(C)C)C(=S)Nc3ccc(Cl)cc32)c1. The number of thioether (sulfide) groups is 1. The standard InChI is InChI=1S/C21H22ClNO3S2/c1-12(2)26-19(24)11-18-21(27)23-17-8-7-14(22)10-16(17)20(28-18)13-5-4-6-15(9-13)25-3/h4-10,12,18,20H,11H2,1-3H3,(H,23,27)/t18-,20-/m1/s1. The lowest BCUT2D eigenvalue weighted by molar-refractivity contribution is -0.147. The van der Waals surface area contributed by atoms with Crippen LogP contribution in [-0.4, -0.2) is 29.4 Å². The Balaban J connectivity index is 1.99. The van der Waals surface area contributed by atoms with E-state index in [1.807, 2.05) is 56.3 Å². The van der Waals surface area contributed by atoms with E-state index in [0.717, 1.165) is 22.6 Å². The predicted octanol–water partition coefficient (Wildman–Crippen LogP) is 5.63. The summed E-state index contributed by atoms with van der Waals surface area (Å²) in [6.45, 7) is 3.68. The summed E-state index contributed by atoms with van der Waals surface area (Å²) in [7, 11) is 1.64. The highest BCUT2D eigenvalue weighted by molar-refractivity contribution is 8.02. The largest absolute Gasteiger partial charge is 0.497 e. The van der Waals surface area contributed by atoms with Crippen molar-refractivity contribution in [2.45, 2.75) is 36.9 Å². The number of anilines is 1. The van der Waals surface area contributed by atoms with Crippen LogP contribution in [0, 0.1) is 0 Å². The van der Waals surface area contributed by atoms with Gasteiger partial charge in [0.15, 0.2) is 0 Å². The molecule has 2 aromatic carbocycles. The van der Waals surface area contributed by atoms with Crippen molar-refractivity contribution in [1.29, 1.82) is 0 Å². The molecule has 2 atom stereocenters. The maximum atomic E-state index is 12.3. The molecule has 148 valence electrons. The number of esters is 1. The molecular weight excluding hydrogens is 414 g/mol. The lowest BCUT2D eigenvalue weighted by atomic mass is 10.0. The Hall–Kier alpha value is -1.76. The van der Waals surface area contributed by atoms with E-state index >= 15 is 0 Å². The number of carbonyl (C=O) groups excluding carboxylic acids is 1. The molecule has 1 heterocycles. The summed E-state index contributed by atoms with van der Waals surface area (Å²) in [6.07, 6.45) is 0.0478. The number of ether oxygens (including phenoxy) is 2. The summed E-state index contributed by atoms with van der Waals surface area (Å²) < 4.78 is 10.7. The fourth-order valence-electron chi connectivity index (χ4n) is 3.04. The third-order valence-corrected chi connectivity index (χ3v) is 6.56. The molecule has 0 aromatic heterocycles. The monoisotopic (exact) mass is 435 g/mol. The van der Waals surface area contributed by atoms with Crippen molar-refractivity contribution in [2.75, 3.05) is 12.4 Å². The minimum atomic E-state index is -0.259. The first kappa shape index (κ1) is 21.0. The van der Waals surface area contributed by atoms with Crippen molar-refractivity contribution >= 4 is 52.2 Å². The summed E-state index contributed by atoms with van der Waals surface area (Å²) in [5, 5.41) is 3.67. The van der Waals surface area contributed by atoms with Gasteiger partial charge in [-0.3, -0.25) is 4.79 Å². The quantitative estimate of drug-likeness (QED) is 0.484. The van der Waals surface area contributed by atoms with E-state index in [-0.39, 0.29) is 29.0 Å². The Morgan fingerprint density at radius 1 is 1.29 bits per heavy atom. The molecule has 0 saturated carbocycles. The van der Waals surface area contributed by atoms with E-state index in [4.69, 9.17) is 33.3 Å². The molecule has 4 nitrogen and oxygen atoms in total. The first-order valence-corrected chi connectivity index (χ1v) is 10.7. The molecule has 0 fully saturated rings. The van der Waals surface area contributed by atoms with Crippen LogP contribution in [0.2, 0.25) is 5.02 Å². The molecular formula is C21H22ClNO3S2. The van der Waals surface area contributed by atoms with Gasteiger partial charge in [-0.05, 0) is 55.3 Å². The number of rotatable bonds is 5. The zero-order valence-electron chi connectivity index (χ0n) is 15.9. The lowest BCUT2D eigenvalue weighted by Crippen LogP contribution is -2.26. The second-order valence-corrected chi connectivity index (χ2v) is 8.93. The topological polar surface area (TPSA) is 47.6 Å². The number of hydrogen-bond donors (Lipinski definition) is 1. The number of fused-ring (bicyclic) bond motifs is 1. The predicted molar refractivity (Wildman–Crippen MR) is 120 cm³/mol. The summed E-state index contributed by atoms with van der Waals surface area (Å²) >= 11 is 13.5. The highest BCUT2D eigenvalue weighted by atomic mass is 35.5. The Labute approximate surface area is 179 Å². The third-order valence-electron chi connectivity index (χ3n) is 4.26. The summed E-state index contributed by atoms with van der Waals surface area (Å²) in [5.74, 6) is 0.516. The smallest absolute Gasteiger partial charge is 0.307 e. The fourth-order valence-corrected chi connectivity index (χ4v) is 4.97. The van der Waals surface area contributed by atoms with Gasteiger partial charge in [0, 0.05) is 10.7 Å². The summed E-state index contributed by atoms with van der Waals surface area (Å²) in [6, 6.07) is 13.6. The van der Waals surface area contributed by atoms with Gasteiger partial charge in [-0.2, -0.15) is 0 Å². The van der Waals surface area contributed by atoms with E-state index < -0.39 is 0 Å². The first-order valence-electron chi connectivity index (χ1n) is 8.96. The van der Waals surface area contributed by atoms with Crippen LogP contribution in [0.3, 0.4) is 0 Å². The van der Waals surface area contributed by atoms with Crippen LogP contribution >= 0.6 is 35.6 Å². The third kappa shape index (κ3) is 4.99. The van der Waals surface area contributed by atoms with Crippen molar-refractivity contribution in [3.63, 3.8) is 0 Å². The zero-order valence-corrected chi connectivity index (χ0v) is 18.3. The second-order valence-electron chi connectivity index (χ2n) is 6.74. The van der Waals surface area contributed by atoms with Gasteiger partial charge in [0.2, 0.25) is 0 Å². The molecule has 0 spiro atoms. The zero-order chi connectivity index (χ0) is 20.3.